The Morgan fingerprint density at radius 3 is 2.33 bits per heavy atom. The van der Waals surface area contributed by atoms with Gasteiger partial charge in [0.2, 0.25) is 0 Å². The molecule has 0 bridgehead atoms. The fourth-order valence-corrected chi connectivity index (χ4v) is 2.40. The van der Waals surface area contributed by atoms with Gasteiger partial charge in [-0.2, -0.15) is 0 Å². The highest BCUT2D eigenvalue weighted by Gasteiger charge is 2.52. The van der Waals surface area contributed by atoms with Gasteiger partial charge in [-0.05, 0) is 46.6 Å². The molecule has 2 fully saturated rings. The maximum Gasteiger partial charge on any atom is 0.496 e. The van der Waals surface area contributed by atoms with Crippen LogP contribution >= 0.6 is 0 Å². The maximum absolute atomic E-state index is 12.3. The third-order valence-electron chi connectivity index (χ3n) is 4.83. The third kappa shape index (κ3) is 3.15. The molecule has 0 N–H and O–H groups in total. The van der Waals surface area contributed by atoms with Crippen molar-refractivity contribution < 1.29 is 18.8 Å². The van der Waals surface area contributed by atoms with Crippen molar-refractivity contribution in [3.63, 3.8) is 0 Å². The highest BCUT2D eigenvalue weighted by Crippen LogP contribution is 2.37. The van der Waals surface area contributed by atoms with E-state index < -0.39 is 18.3 Å². The molecule has 7 heteroatoms. The van der Waals surface area contributed by atoms with E-state index in [1.54, 1.807) is 20.3 Å². The molecular formula is C17H25BN2O4. The topological polar surface area (TPSA) is 60.9 Å². The molecule has 3 rings (SSSR count). The molecule has 1 saturated carbocycles. The van der Waals surface area contributed by atoms with E-state index in [2.05, 4.69) is 4.98 Å². The van der Waals surface area contributed by atoms with Gasteiger partial charge >= 0.3 is 7.12 Å². The molecule has 1 aromatic rings. The third-order valence-corrected chi connectivity index (χ3v) is 4.83. The van der Waals surface area contributed by atoms with Gasteiger partial charge in [-0.25, -0.2) is 4.98 Å². The van der Waals surface area contributed by atoms with Crippen LogP contribution in [-0.2, 0) is 9.31 Å². The van der Waals surface area contributed by atoms with Crippen LogP contribution in [0.15, 0.2) is 12.3 Å². The first kappa shape index (κ1) is 17.2. The molecule has 2 heterocycles. The molecule has 1 amide bonds. The SMILES string of the molecule is CN(C)C(=O)c1ncc(B2OC(C)(C)C(C)(C)O2)cc1OC1CC1. The molecule has 1 aliphatic heterocycles. The second kappa shape index (κ2) is 5.74. The lowest BCUT2D eigenvalue weighted by atomic mass is 9.80. The zero-order valence-electron chi connectivity index (χ0n) is 15.3. The van der Waals surface area contributed by atoms with Gasteiger partial charge in [0.05, 0.1) is 17.3 Å². The Kier molecular flexibility index (Phi) is 4.12. The fraction of sp³-hybridized carbons (Fsp3) is 0.647. The fourth-order valence-electron chi connectivity index (χ4n) is 2.40. The van der Waals surface area contributed by atoms with E-state index in [1.807, 2.05) is 33.8 Å². The highest BCUT2D eigenvalue weighted by atomic mass is 16.7. The van der Waals surface area contributed by atoms with Crippen LogP contribution in [-0.4, -0.2) is 54.3 Å². The Morgan fingerprint density at radius 1 is 1.25 bits per heavy atom. The number of aromatic nitrogens is 1. The Balaban J connectivity index is 1.91. The summed E-state index contributed by atoms with van der Waals surface area (Å²) < 4.78 is 18.0. The number of carbonyl (C=O) groups is 1. The molecule has 0 radical (unpaired) electrons. The monoisotopic (exact) mass is 332 g/mol. The second-order valence-corrected chi connectivity index (χ2v) is 7.72. The standard InChI is InChI=1S/C17H25BN2O4/c1-16(2)17(3,4)24-18(23-16)11-9-13(22-12-7-8-12)14(19-10-11)15(21)20(5)6/h9-10,12H,7-8H2,1-6H3. The molecule has 0 aromatic carbocycles. The van der Waals surface area contributed by atoms with Gasteiger partial charge in [0.15, 0.2) is 11.4 Å². The van der Waals surface area contributed by atoms with Crippen molar-refractivity contribution >= 4 is 18.5 Å². The summed E-state index contributed by atoms with van der Waals surface area (Å²) >= 11 is 0. The van der Waals surface area contributed by atoms with Crippen molar-refractivity contribution in [2.75, 3.05) is 14.1 Å². The first-order valence-electron chi connectivity index (χ1n) is 8.34. The van der Waals surface area contributed by atoms with E-state index in [-0.39, 0.29) is 12.0 Å². The van der Waals surface area contributed by atoms with Crippen LogP contribution in [0.25, 0.3) is 0 Å². The average Bonchev–Trinajstić information content (AvgIpc) is 3.25. The van der Waals surface area contributed by atoms with Gasteiger partial charge in [-0.1, -0.05) is 0 Å². The average molecular weight is 332 g/mol. The molecule has 0 atom stereocenters. The molecule has 1 aromatic heterocycles. The van der Waals surface area contributed by atoms with E-state index in [0.717, 1.165) is 18.3 Å². The molecule has 0 unspecified atom stereocenters. The summed E-state index contributed by atoms with van der Waals surface area (Å²) in [6.45, 7) is 8.02. The first-order valence-corrected chi connectivity index (χ1v) is 8.34. The van der Waals surface area contributed by atoms with Crippen molar-refractivity contribution in [1.29, 1.82) is 0 Å². The number of amides is 1. The van der Waals surface area contributed by atoms with Crippen LogP contribution in [0.3, 0.4) is 0 Å². The van der Waals surface area contributed by atoms with Crippen LogP contribution in [0.2, 0.25) is 0 Å². The van der Waals surface area contributed by atoms with Gasteiger partial charge in [0, 0.05) is 25.8 Å². The van der Waals surface area contributed by atoms with Crippen molar-refractivity contribution in [3.05, 3.63) is 18.0 Å². The summed E-state index contributed by atoms with van der Waals surface area (Å²) in [5.74, 6) is 0.328. The number of rotatable bonds is 4. The lowest BCUT2D eigenvalue weighted by Gasteiger charge is -2.32. The Hall–Kier alpha value is -1.60. The smallest absolute Gasteiger partial charge is 0.488 e. The summed E-state index contributed by atoms with van der Waals surface area (Å²) in [5.41, 5.74) is 0.243. The van der Waals surface area contributed by atoms with Crippen LogP contribution in [0.4, 0.5) is 0 Å². The summed E-state index contributed by atoms with van der Waals surface area (Å²) in [7, 11) is 2.88. The van der Waals surface area contributed by atoms with Crippen molar-refractivity contribution in [1.82, 2.24) is 9.88 Å². The lowest BCUT2D eigenvalue weighted by Crippen LogP contribution is -2.41. The molecule has 6 nitrogen and oxygen atoms in total. The minimum absolute atomic E-state index is 0.175. The van der Waals surface area contributed by atoms with E-state index in [9.17, 15) is 4.79 Å². The van der Waals surface area contributed by atoms with Crippen LogP contribution in [0.5, 0.6) is 5.75 Å². The number of hydrogen-bond donors (Lipinski definition) is 0. The molecule has 0 spiro atoms. The lowest BCUT2D eigenvalue weighted by molar-refractivity contribution is 0.00578. The van der Waals surface area contributed by atoms with Crippen LogP contribution in [0.1, 0.15) is 51.0 Å². The van der Waals surface area contributed by atoms with Crippen LogP contribution < -0.4 is 10.2 Å². The predicted molar refractivity (Wildman–Crippen MR) is 91.6 cm³/mol. The molecule has 1 aliphatic carbocycles. The number of hydrogen-bond acceptors (Lipinski definition) is 5. The zero-order chi connectivity index (χ0) is 17.7. The number of ether oxygens (including phenoxy) is 1. The zero-order valence-corrected chi connectivity index (χ0v) is 15.3. The second-order valence-electron chi connectivity index (χ2n) is 7.72. The van der Waals surface area contributed by atoms with Crippen LogP contribution in [0, 0.1) is 0 Å². The molecule has 2 aliphatic rings. The summed E-state index contributed by atoms with van der Waals surface area (Å²) in [6.07, 6.45) is 3.83. The van der Waals surface area contributed by atoms with E-state index in [0.29, 0.717) is 11.4 Å². The van der Waals surface area contributed by atoms with E-state index >= 15 is 0 Å². The Morgan fingerprint density at radius 2 is 1.83 bits per heavy atom. The van der Waals surface area contributed by atoms with E-state index in [1.165, 1.54) is 4.90 Å². The highest BCUT2D eigenvalue weighted by molar-refractivity contribution is 6.62. The normalized spacial score (nSPS) is 21.7. The summed E-state index contributed by atoms with van der Waals surface area (Å²) in [5, 5.41) is 0. The molecule has 130 valence electrons. The Labute approximate surface area is 143 Å². The van der Waals surface area contributed by atoms with Gasteiger partial charge < -0.3 is 18.9 Å². The van der Waals surface area contributed by atoms with Gasteiger partial charge in [-0.15, -0.1) is 0 Å². The first-order chi connectivity index (χ1) is 11.1. The number of pyridine rings is 1. The van der Waals surface area contributed by atoms with Gasteiger partial charge in [0.25, 0.3) is 5.91 Å². The quantitative estimate of drug-likeness (QED) is 0.784. The molecule has 1 saturated heterocycles. The van der Waals surface area contributed by atoms with Gasteiger partial charge in [0.1, 0.15) is 0 Å². The summed E-state index contributed by atoms with van der Waals surface area (Å²) in [6, 6.07) is 1.82. The maximum atomic E-state index is 12.3. The molecule has 24 heavy (non-hydrogen) atoms. The minimum Gasteiger partial charge on any atom is -0.488 e. The predicted octanol–water partition coefficient (Wildman–Crippen LogP) is 1.62. The minimum atomic E-state index is -0.521. The van der Waals surface area contributed by atoms with Crippen molar-refractivity contribution in [3.8, 4) is 5.75 Å². The van der Waals surface area contributed by atoms with E-state index in [4.69, 9.17) is 14.0 Å². The van der Waals surface area contributed by atoms with Crippen molar-refractivity contribution in [2.45, 2.75) is 57.8 Å². The number of carbonyl (C=O) groups excluding carboxylic acids is 1. The number of nitrogens with zero attached hydrogens (tertiary/aromatic N) is 2. The largest absolute Gasteiger partial charge is 0.496 e. The molecular weight excluding hydrogens is 307 g/mol. The van der Waals surface area contributed by atoms with Crippen molar-refractivity contribution in [2.24, 2.45) is 0 Å². The van der Waals surface area contributed by atoms with Gasteiger partial charge in [-0.3, -0.25) is 4.79 Å². The Bertz CT molecular complexity index is 640. The summed E-state index contributed by atoms with van der Waals surface area (Å²) in [4.78, 5) is 18.2.